The fraction of sp³-hybridized carbons (Fsp3) is 0.176. The number of nitro benzene ring substituents is 1. The smallest absolute Gasteiger partial charge is 0.324 e. The van der Waals surface area contributed by atoms with Gasteiger partial charge in [-0.25, -0.2) is 0 Å². The molecule has 12 heteroatoms. The fourth-order valence-corrected chi connectivity index (χ4v) is 4.29. The Morgan fingerprint density at radius 3 is 2.66 bits per heavy atom. The fourth-order valence-electron chi connectivity index (χ4n) is 2.47. The Labute approximate surface area is 171 Å². The van der Waals surface area contributed by atoms with Gasteiger partial charge in [0.1, 0.15) is 0 Å². The van der Waals surface area contributed by atoms with Crippen LogP contribution < -0.4 is 4.80 Å². The van der Waals surface area contributed by atoms with Crippen molar-refractivity contribution in [1.82, 2.24) is 4.57 Å². The minimum atomic E-state index is -0.548. The van der Waals surface area contributed by atoms with Crippen LogP contribution in [-0.4, -0.2) is 34.0 Å². The van der Waals surface area contributed by atoms with Crippen molar-refractivity contribution in [2.24, 2.45) is 4.99 Å². The van der Waals surface area contributed by atoms with Gasteiger partial charge in [0.05, 0.1) is 26.7 Å². The van der Waals surface area contributed by atoms with Gasteiger partial charge in [0.25, 0.3) is 11.6 Å². The summed E-state index contributed by atoms with van der Waals surface area (Å²) in [6.07, 6.45) is 2.68. The summed E-state index contributed by atoms with van der Waals surface area (Å²) in [4.78, 5) is 38.0. The van der Waals surface area contributed by atoms with E-state index in [2.05, 4.69) is 4.99 Å². The number of non-ortho nitro benzene ring substituents is 1. The summed E-state index contributed by atoms with van der Waals surface area (Å²) >= 11 is 2.11. The molecule has 0 spiro atoms. The Morgan fingerprint density at radius 2 is 2.00 bits per heavy atom. The van der Waals surface area contributed by atoms with Gasteiger partial charge >= 0.3 is 5.00 Å². The third kappa shape index (κ3) is 4.80. The first-order chi connectivity index (χ1) is 13.9. The summed E-state index contributed by atoms with van der Waals surface area (Å²) in [7, 11) is 1.55. The van der Waals surface area contributed by atoms with Crippen molar-refractivity contribution in [3.8, 4) is 0 Å². The Morgan fingerprint density at radius 1 is 1.21 bits per heavy atom. The van der Waals surface area contributed by atoms with Gasteiger partial charge in [-0.15, -0.1) is 0 Å². The number of fused-ring (bicyclic) bond motifs is 1. The maximum Gasteiger partial charge on any atom is 0.324 e. The van der Waals surface area contributed by atoms with Crippen LogP contribution in [0, 0.1) is 20.2 Å². The number of carbonyl (C=O) groups excluding carboxylic acids is 1. The van der Waals surface area contributed by atoms with E-state index < -0.39 is 15.8 Å². The zero-order valence-electron chi connectivity index (χ0n) is 15.0. The molecule has 29 heavy (non-hydrogen) atoms. The minimum Gasteiger partial charge on any atom is -0.383 e. The Bertz CT molecular complexity index is 1190. The Kier molecular flexibility index (Phi) is 6.26. The quantitative estimate of drug-likeness (QED) is 0.318. The first-order valence-electron chi connectivity index (χ1n) is 8.17. The number of thiophene rings is 1. The molecule has 0 aliphatic carbocycles. The van der Waals surface area contributed by atoms with Gasteiger partial charge < -0.3 is 9.30 Å². The van der Waals surface area contributed by atoms with Gasteiger partial charge in [0.2, 0.25) is 0 Å². The number of carbonyl (C=O) groups is 1. The molecule has 0 saturated carbocycles. The molecule has 0 atom stereocenters. The summed E-state index contributed by atoms with van der Waals surface area (Å²) in [5, 5.41) is 21.7. The lowest BCUT2D eigenvalue weighted by molar-refractivity contribution is -0.384. The molecule has 0 unspecified atom stereocenters. The van der Waals surface area contributed by atoms with Gasteiger partial charge in [0, 0.05) is 42.8 Å². The van der Waals surface area contributed by atoms with Crippen molar-refractivity contribution in [3.63, 3.8) is 0 Å². The zero-order valence-corrected chi connectivity index (χ0v) is 16.6. The molecule has 0 saturated heterocycles. The van der Waals surface area contributed by atoms with Crippen LogP contribution in [0.2, 0.25) is 0 Å². The van der Waals surface area contributed by atoms with Crippen molar-refractivity contribution in [2.75, 3.05) is 13.7 Å². The van der Waals surface area contributed by atoms with Gasteiger partial charge in [0.15, 0.2) is 4.80 Å². The highest BCUT2D eigenvalue weighted by Gasteiger charge is 2.12. The second-order valence-electron chi connectivity index (χ2n) is 5.65. The lowest BCUT2D eigenvalue weighted by Crippen LogP contribution is -2.18. The van der Waals surface area contributed by atoms with Crippen molar-refractivity contribution < 1.29 is 19.4 Å². The molecular weight excluding hydrogens is 420 g/mol. The third-order valence-corrected chi connectivity index (χ3v) is 5.83. The van der Waals surface area contributed by atoms with Crippen LogP contribution in [0.1, 0.15) is 4.88 Å². The molecule has 2 heterocycles. The molecule has 1 aromatic carbocycles. The highest BCUT2D eigenvalue weighted by atomic mass is 32.1. The van der Waals surface area contributed by atoms with Crippen LogP contribution in [0.3, 0.4) is 0 Å². The number of nitro groups is 2. The molecule has 0 aliphatic rings. The molecule has 0 N–H and O–H groups in total. The van der Waals surface area contributed by atoms with E-state index in [0.717, 1.165) is 22.7 Å². The van der Waals surface area contributed by atoms with Gasteiger partial charge in [-0.05, 0) is 18.2 Å². The minimum absolute atomic E-state index is 0.0162. The van der Waals surface area contributed by atoms with Gasteiger partial charge in [-0.3, -0.25) is 25.0 Å². The molecule has 10 nitrogen and oxygen atoms in total. The number of aromatic nitrogens is 1. The molecule has 0 fully saturated rings. The Hall–Kier alpha value is -3.22. The van der Waals surface area contributed by atoms with E-state index in [1.165, 1.54) is 30.4 Å². The first-order valence-corrected chi connectivity index (χ1v) is 9.80. The zero-order chi connectivity index (χ0) is 21.0. The van der Waals surface area contributed by atoms with E-state index in [9.17, 15) is 25.0 Å². The third-order valence-electron chi connectivity index (χ3n) is 3.78. The molecule has 3 rings (SSSR count). The number of amides is 1. The van der Waals surface area contributed by atoms with Gasteiger partial charge in [-0.2, -0.15) is 4.99 Å². The average Bonchev–Trinajstić information content (AvgIpc) is 3.29. The summed E-state index contributed by atoms with van der Waals surface area (Å²) < 4.78 is 7.48. The molecule has 2 aromatic heterocycles. The number of thiazole rings is 1. The van der Waals surface area contributed by atoms with Crippen LogP contribution in [0.4, 0.5) is 10.7 Å². The number of hydrogen-bond donors (Lipinski definition) is 0. The predicted molar refractivity (Wildman–Crippen MR) is 109 cm³/mol. The SMILES string of the molecule is COCCn1c(=NC(=O)C=Cc2ccc([N+](=O)[O-])s2)sc2cc([N+](=O)[O-])ccc21. The average molecular weight is 434 g/mol. The van der Waals surface area contributed by atoms with E-state index in [-0.39, 0.29) is 10.7 Å². The van der Waals surface area contributed by atoms with E-state index in [1.54, 1.807) is 23.8 Å². The normalized spacial score (nSPS) is 12.1. The van der Waals surface area contributed by atoms with E-state index in [4.69, 9.17) is 4.74 Å². The summed E-state index contributed by atoms with van der Waals surface area (Å²) in [5.74, 6) is -0.548. The van der Waals surface area contributed by atoms with Gasteiger partial charge in [-0.1, -0.05) is 22.7 Å². The predicted octanol–water partition coefficient (Wildman–Crippen LogP) is 3.37. The second kappa shape index (κ2) is 8.86. The van der Waals surface area contributed by atoms with Crippen LogP contribution in [0.5, 0.6) is 0 Å². The van der Waals surface area contributed by atoms with Crippen LogP contribution in [-0.2, 0) is 16.1 Å². The summed E-state index contributed by atoms with van der Waals surface area (Å²) in [6, 6.07) is 7.36. The molecular formula is C17H14N4O6S2. The summed E-state index contributed by atoms with van der Waals surface area (Å²) in [5.41, 5.74) is 0.664. The molecule has 150 valence electrons. The molecule has 3 aromatic rings. The van der Waals surface area contributed by atoms with Crippen molar-refractivity contribution in [2.45, 2.75) is 6.54 Å². The molecule has 0 aliphatic heterocycles. The topological polar surface area (TPSA) is 130 Å². The Balaban J connectivity index is 1.95. The highest BCUT2D eigenvalue weighted by Crippen LogP contribution is 2.25. The second-order valence-corrected chi connectivity index (χ2v) is 7.76. The van der Waals surface area contributed by atoms with Crippen LogP contribution in [0.15, 0.2) is 41.4 Å². The van der Waals surface area contributed by atoms with Crippen LogP contribution >= 0.6 is 22.7 Å². The standard InChI is InChI=1S/C17H14N4O6S2/c1-27-9-8-19-13-5-2-11(20(23)24)10-14(13)29-17(19)18-15(22)6-3-12-4-7-16(28-12)21(25)26/h2-7,10H,8-9H2,1H3. The van der Waals surface area contributed by atoms with E-state index >= 15 is 0 Å². The van der Waals surface area contributed by atoms with Crippen molar-refractivity contribution in [1.29, 1.82) is 0 Å². The highest BCUT2D eigenvalue weighted by molar-refractivity contribution is 7.16. The lowest BCUT2D eigenvalue weighted by atomic mass is 10.3. The number of hydrogen-bond acceptors (Lipinski definition) is 8. The molecule has 1 amide bonds. The maximum atomic E-state index is 12.3. The number of rotatable bonds is 7. The largest absolute Gasteiger partial charge is 0.383 e. The molecule has 0 bridgehead atoms. The van der Waals surface area contributed by atoms with Crippen molar-refractivity contribution >= 4 is 55.6 Å². The number of ether oxygens (including phenoxy) is 1. The first kappa shape index (κ1) is 20.5. The summed E-state index contributed by atoms with van der Waals surface area (Å²) in [6.45, 7) is 0.792. The van der Waals surface area contributed by atoms with E-state index in [1.807, 2.05) is 0 Å². The molecule has 0 radical (unpaired) electrons. The van der Waals surface area contributed by atoms with Crippen molar-refractivity contribution in [3.05, 3.63) is 66.3 Å². The number of benzene rings is 1. The number of methoxy groups -OCH3 is 1. The van der Waals surface area contributed by atoms with E-state index in [0.29, 0.717) is 33.0 Å². The maximum absolute atomic E-state index is 12.3. The monoisotopic (exact) mass is 434 g/mol. The van der Waals surface area contributed by atoms with Crippen LogP contribution in [0.25, 0.3) is 16.3 Å². The lowest BCUT2D eigenvalue weighted by Gasteiger charge is -2.03. The number of nitrogens with zero attached hydrogens (tertiary/aromatic N) is 4.